The van der Waals surface area contributed by atoms with Gasteiger partial charge in [0.05, 0.1) is 0 Å². The molecule has 0 saturated carbocycles. The Balaban J connectivity index is 2.29. The lowest BCUT2D eigenvalue weighted by molar-refractivity contribution is 0.134. The Kier molecular flexibility index (Phi) is 6.13. The van der Waals surface area contributed by atoms with E-state index in [1.165, 1.54) is 32.1 Å². The minimum absolute atomic E-state index is 0.260. The molecule has 108 valence electrons. The van der Waals surface area contributed by atoms with Gasteiger partial charge < -0.3 is 5.32 Å². The number of rotatable bonds is 6. The molecule has 1 aliphatic rings. The summed E-state index contributed by atoms with van der Waals surface area (Å²) in [7, 11) is 0. The highest BCUT2D eigenvalue weighted by Crippen LogP contribution is 2.29. The third-order valence-electron chi connectivity index (χ3n) is 4.28. The number of likely N-dealkylation sites (tertiary alicyclic amines) is 1. The molecule has 0 spiro atoms. The van der Waals surface area contributed by atoms with Gasteiger partial charge in [0.1, 0.15) is 0 Å². The lowest BCUT2D eigenvalue weighted by Gasteiger charge is -2.34. The van der Waals surface area contributed by atoms with Crippen LogP contribution in [0.25, 0.3) is 0 Å². The molecule has 1 fully saturated rings. The summed E-state index contributed by atoms with van der Waals surface area (Å²) in [4.78, 5) is 2.77. The Morgan fingerprint density at radius 1 is 1.28 bits per heavy atom. The molecule has 2 heteroatoms. The van der Waals surface area contributed by atoms with Gasteiger partial charge in [0, 0.05) is 23.7 Å². The van der Waals surface area contributed by atoms with E-state index in [0.717, 1.165) is 24.7 Å². The van der Waals surface area contributed by atoms with Crippen molar-refractivity contribution < 1.29 is 0 Å². The quantitative estimate of drug-likeness (QED) is 0.725. The fraction of sp³-hybridized carbons (Fsp3) is 1.00. The normalized spacial score (nSPS) is 27.7. The van der Waals surface area contributed by atoms with E-state index in [1.54, 1.807) is 0 Å². The van der Waals surface area contributed by atoms with Crippen LogP contribution in [-0.2, 0) is 0 Å². The third kappa shape index (κ3) is 4.89. The first-order chi connectivity index (χ1) is 8.35. The van der Waals surface area contributed by atoms with Gasteiger partial charge in [-0.1, -0.05) is 6.92 Å². The molecule has 1 N–H and O–H groups in total. The molecule has 1 aliphatic heterocycles. The Hall–Kier alpha value is -0.0800. The average molecular weight is 254 g/mol. The van der Waals surface area contributed by atoms with Gasteiger partial charge in [-0.25, -0.2) is 0 Å². The van der Waals surface area contributed by atoms with Crippen molar-refractivity contribution in [1.82, 2.24) is 10.2 Å². The minimum atomic E-state index is 0.260. The van der Waals surface area contributed by atoms with Gasteiger partial charge in [0.15, 0.2) is 0 Å². The van der Waals surface area contributed by atoms with Gasteiger partial charge >= 0.3 is 0 Å². The molecule has 0 aromatic heterocycles. The number of hydrogen-bond donors (Lipinski definition) is 1. The lowest BCUT2D eigenvalue weighted by atomic mass is 10.1. The molecule has 0 aliphatic carbocycles. The van der Waals surface area contributed by atoms with E-state index in [4.69, 9.17) is 0 Å². The summed E-state index contributed by atoms with van der Waals surface area (Å²) < 4.78 is 0. The summed E-state index contributed by atoms with van der Waals surface area (Å²) in [6.07, 6.45) is 6.72. The number of nitrogens with one attached hydrogen (secondary N) is 1. The maximum atomic E-state index is 3.59. The van der Waals surface area contributed by atoms with Crippen molar-refractivity contribution in [3.05, 3.63) is 0 Å². The Labute approximate surface area is 115 Å². The van der Waals surface area contributed by atoms with E-state index >= 15 is 0 Å². The molecule has 0 amide bonds. The maximum Gasteiger partial charge on any atom is 0.00988 e. The molecule has 1 rings (SSSR count). The van der Waals surface area contributed by atoms with Crippen molar-refractivity contribution in [2.24, 2.45) is 0 Å². The fourth-order valence-corrected chi connectivity index (χ4v) is 3.31. The van der Waals surface area contributed by atoms with E-state index < -0.39 is 0 Å². The summed E-state index contributed by atoms with van der Waals surface area (Å²) in [5, 5.41) is 3.59. The van der Waals surface area contributed by atoms with E-state index in [1.807, 2.05) is 0 Å². The van der Waals surface area contributed by atoms with Crippen LogP contribution in [0.4, 0.5) is 0 Å². The molecule has 0 bridgehead atoms. The Morgan fingerprint density at radius 3 is 2.50 bits per heavy atom. The standard InChI is InChI=1S/C16H34N2/c1-7-15-11-10-14(3)18(15)13(2)9-8-12-17-16(4,5)6/h13-15,17H,7-12H2,1-6H3. The Bertz CT molecular complexity index is 232. The van der Waals surface area contributed by atoms with E-state index in [9.17, 15) is 0 Å². The zero-order valence-corrected chi connectivity index (χ0v) is 13.4. The summed E-state index contributed by atoms with van der Waals surface area (Å²) in [5.41, 5.74) is 0.260. The molecular formula is C16H34N2. The van der Waals surface area contributed by atoms with Crippen LogP contribution in [0.2, 0.25) is 0 Å². The highest BCUT2D eigenvalue weighted by atomic mass is 15.2. The molecule has 0 radical (unpaired) electrons. The number of nitrogens with zero attached hydrogens (tertiary/aromatic N) is 1. The fourth-order valence-electron chi connectivity index (χ4n) is 3.31. The van der Waals surface area contributed by atoms with E-state index in [2.05, 4.69) is 51.8 Å². The van der Waals surface area contributed by atoms with Gasteiger partial charge in [-0.3, -0.25) is 4.90 Å². The summed E-state index contributed by atoms with van der Waals surface area (Å²) >= 11 is 0. The molecule has 3 unspecified atom stereocenters. The number of hydrogen-bond acceptors (Lipinski definition) is 2. The van der Waals surface area contributed by atoms with Crippen LogP contribution in [0.15, 0.2) is 0 Å². The lowest BCUT2D eigenvalue weighted by Crippen LogP contribution is -2.42. The van der Waals surface area contributed by atoms with Crippen molar-refractivity contribution in [3.8, 4) is 0 Å². The Morgan fingerprint density at radius 2 is 1.94 bits per heavy atom. The summed E-state index contributed by atoms with van der Waals surface area (Å²) in [6, 6.07) is 2.38. The molecule has 3 atom stereocenters. The third-order valence-corrected chi connectivity index (χ3v) is 4.28. The smallest absolute Gasteiger partial charge is 0.00988 e. The molecule has 0 aromatic carbocycles. The van der Waals surface area contributed by atoms with Crippen molar-refractivity contribution >= 4 is 0 Å². The second kappa shape index (κ2) is 6.91. The first kappa shape index (κ1) is 16.0. The molecular weight excluding hydrogens is 220 g/mol. The first-order valence-corrected chi connectivity index (χ1v) is 7.87. The zero-order valence-electron chi connectivity index (χ0n) is 13.4. The van der Waals surface area contributed by atoms with Gasteiger partial charge in [0.2, 0.25) is 0 Å². The molecule has 0 aromatic rings. The van der Waals surface area contributed by atoms with Crippen LogP contribution in [0.5, 0.6) is 0 Å². The maximum absolute atomic E-state index is 3.59. The highest BCUT2D eigenvalue weighted by Gasteiger charge is 2.32. The average Bonchev–Trinajstić information content (AvgIpc) is 2.64. The van der Waals surface area contributed by atoms with Crippen LogP contribution in [0.1, 0.15) is 73.6 Å². The van der Waals surface area contributed by atoms with Gasteiger partial charge in [-0.05, 0) is 73.3 Å². The highest BCUT2D eigenvalue weighted by molar-refractivity contribution is 4.87. The molecule has 1 saturated heterocycles. The van der Waals surface area contributed by atoms with Crippen LogP contribution < -0.4 is 5.32 Å². The van der Waals surface area contributed by atoms with Gasteiger partial charge in [-0.15, -0.1) is 0 Å². The van der Waals surface area contributed by atoms with Gasteiger partial charge in [-0.2, -0.15) is 0 Å². The predicted octanol–water partition coefficient (Wildman–Crippen LogP) is 3.81. The first-order valence-electron chi connectivity index (χ1n) is 7.87. The van der Waals surface area contributed by atoms with Crippen LogP contribution in [-0.4, -0.2) is 35.1 Å². The van der Waals surface area contributed by atoms with Crippen molar-refractivity contribution in [3.63, 3.8) is 0 Å². The van der Waals surface area contributed by atoms with Crippen molar-refractivity contribution in [2.75, 3.05) is 6.54 Å². The predicted molar refractivity (Wildman–Crippen MR) is 81.1 cm³/mol. The summed E-state index contributed by atoms with van der Waals surface area (Å²) in [5.74, 6) is 0. The van der Waals surface area contributed by atoms with Crippen LogP contribution in [0, 0.1) is 0 Å². The SMILES string of the molecule is CCC1CCC(C)N1C(C)CCCNC(C)(C)C. The van der Waals surface area contributed by atoms with Crippen molar-refractivity contribution in [1.29, 1.82) is 0 Å². The second-order valence-corrected chi connectivity index (χ2v) is 7.10. The summed E-state index contributed by atoms with van der Waals surface area (Å²) in [6.45, 7) is 15.0. The minimum Gasteiger partial charge on any atom is -0.312 e. The topological polar surface area (TPSA) is 15.3 Å². The van der Waals surface area contributed by atoms with Gasteiger partial charge in [0.25, 0.3) is 0 Å². The van der Waals surface area contributed by atoms with Crippen LogP contribution >= 0.6 is 0 Å². The molecule has 18 heavy (non-hydrogen) atoms. The zero-order chi connectivity index (χ0) is 13.8. The monoisotopic (exact) mass is 254 g/mol. The molecule has 2 nitrogen and oxygen atoms in total. The van der Waals surface area contributed by atoms with Crippen LogP contribution in [0.3, 0.4) is 0 Å². The largest absolute Gasteiger partial charge is 0.312 e. The second-order valence-electron chi connectivity index (χ2n) is 7.10. The molecule has 1 heterocycles. The van der Waals surface area contributed by atoms with E-state index in [0.29, 0.717) is 0 Å². The van der Waals surface area contributed by atoms with Crippen molar-refractivity contribution in [2.45, 2.75) is 97.3 Å². The van der Waals surface area contributed by atoms with E-state index in [-0.39, 0.29) is 5.54 Å².